The van der Waals surface area contributed by atoms with Crippen LogP contribution in [0.5, 0.6) is 11.5 Å². The van der Waals surface area contributed by atoms with Crippen molar-refractivity contribution in [3.63, 3.8) is 0 Å². The molecular formula is C18H20F3N5O5S. The molecule has 0 unspecified atom stereocenters. The fraction of sp³-hybridized carbons (Fsp3) is 0.222. The molecule has 0 heterocycles. The molecule has 2 aromatic carbocycles. The highest BCUT2D eigenvalue weighted by Crippen LogP contribution is 2.33. The van der Waals surface area contributed by atoms with E-state index < -0.39 is 55.1 Å². The van der Waals surface area contributed by atoms with Gasteiger partial charge in [-0.2, -0.15) is 0 Å². The number of nitrogens with zero attached hydrogens (tertiary/aromatic N) is 1. The summed E-state index contributed by atoms with van der Waals surface area (Å²) in [4.78, 5) is 11.9. The Labute approximate surface area is 180 Å². The van der Waals surface area contributed by atoms with Crippen molar-refractivity contribution in [2.75, 3.05) is 6.54 Å². The number of nitrogens with two attached hydrogens (primary N) is 3. The Morgan fingerprint density at radius 1 is 1.12 bits per heavy atom. The molecule has 0 saturated carbocycles. The molecule has 2 aromatic rings. The first-order valence-electron chi connectivity index (χ1n) is 8.88. The highest BCUT2D eigenvalue weighted by Gasteiger charge is 2.48. The Hall–Kier alpha value is -3.36. The first-order chi connectivity index (χ1) is 14.9. The molecule has 8 N–H and O–H groups in total. The molecule has 0 fully saturated rings. The van der Waals surface area contributed by atoms with Crippen LogP contribution in [0, 0.1) is 17.5 Å². The summed E-state index contributed by atoms with van der Waals surface area (Å²) < 4.78 is 73.0. The molecule has 0 radical (unpaired) electrons. The zero-order valence-corrected chi connectivity index (χ0v) is 17.2. The standard InChI is InChI=1S/C18H20F3N5O5S/c19-10-2-4-11(5-3-10)31-15-13(20)8-12(9-14(15)21)32(29,30)18(24,16(27)26-28)6-1-7-25-17(22)23/h2-5,8-9,28H,1,6-7,24H2,(H,26,27)(H4,22,23,25)/t18-/m0/s1. The van der Waals surface area contributed by atoms with Crippen molar-refractivity contribution in [1.82, 2.24) is 5.48 Å². The van der Waals surface area contributed by atoms with Gasteiger partial charge in [-0.15, -0.1) is 0 Å². The van der Waals surface area contributed by atoms with E-state index in [4.69, 9.17) is 27.1 Å². The molecule has 0 aliphatic rings. The van der Waals surface area contributed by atoms with E-state index in [9.17, 15) is 26.4 Å². The summed E-state index contributed by atoms with van der Waals surface area (Å²) in [6.07, 6.45) is -0.729. The summed E-state index contributed by atoms with van der Waals surface area (Å²) in [5, 5.41) is 8.96. The molecule has 0 aliphatic carbocycles. The van der Waals surface area contributed by atoms with Crippen LogP contribution in [-0.2, 0) is 14.6 Å². The number of ether oxygens (including phenoxy) is 1. The Morgan fingerprint density at radius 3 is 2.19 bits per heavy atom. The molecule has 14 heteroatoms. The van der Waals surface area contributed by atoms with E-state index in [0.29, 0.717) is 12.1 Å². The number of hydrogen-bond acceptors (Lipinski definition) is 7. The molecular weight excluding hydrogens is 455 g/mol. The number of hydroxylamine groups is 1. The van der Waals surface area contributed by atoms with Crippen molar-refractivity contribution < 1.29 is 36.3 Å². The van der Waals surface area contributed by atoms with Gasteiger partial charge in [0.1, 0.15) is 11.6 Å². The van der Waals surface area contributed by atoms with Crippen LogP contribution >= 0.6 is 0 Å². The van der Waals surface area contributed by atoms with Crippen LogP contribution in [0.3, 0.4) is 0 Å². The number of aliphatic imine (C=N–C) groups is 1. The lowest BCUT2D eigenvalue weighted by molar-refractivity contribution is -0.132. The minimum Gasteiger partial charge on any atom is -0.451 e. The summed E-state index contributed by atoms with van der Waals surface area (Å²) in [5.74, 6) is -6.37. The van der Waals surface area contributed by atoms with Gasteiger partial charge in [0.05, 0.1) is 4.90 Å². The summed E-state index contributed by atoms with van der Waals surface area (Å²) in [6.45, 7) is -0.108. The molecule has 32 heavy (non-hydrogen) atoms. The fourth-order valence-corrected chi connectivity index (χ4v) is 4.28. The molecule has 1 amide bonds. The molecule has 0 aliphatic heterocycles. The van der Waals surface area contributed by atoms with Gasteiger partial charge in [0, 0.05) is 6.54 Å². The molecule has 0 saturated heterocycles. The van der Waals surface area contributed by atoms with Crippen molar-refractivity contribution in [3.05, 3.63) is 53.8 Å². The largest absolute Gasteiger partial charge is 0.451 e. The topological polar surface area (TPSA) is 183 Å². The second-order valence-corrected chi connectivity index (χ2v) is 8.72. The van der Waals surface area contributed by atoms with Gasteiger partial charge in [-0.05, 0) is 49.2 Å². The van der Waals surface area contributed by atoms with Crippen LogP contribution in [0.4, 0.5) is 13.2 Å². The van der Waals surface area contributed by atoms with Gasteiger partial charge in [0.15, 0.2) is 23.3 Å². The van der Waals surface area contributed by atoms with E-state index in [1.54, 1.807) is 0 Å². The monoisotopic (exact) mass is 475 g/mol. The van der Waals surface area contributed by atoms with Crippen molar-refractivity contribution in [3.8, 4) is 11.5 Å². The highest BCUT2D eigenvalue weighted by atomic mass is 32.2. The number of rotatable bonds is 9. The Kier molecular flexibility index (Phi) is 7.66. The number of sulfone groups is 1. The number of hydrogen-bond donors (Lipinski definition) is 5. The van der Waals surface area contributed by atoms with Crippen LogP contribution < -0.4 is 27.4 Å². The van der Waals surface area contributed by atoms with Gasteiger partial charge in [-0.1, -0.05) is 0 Å². The van der Waals surface area contributed by atoms with Gasteiger partial charge in [0.2, 0.25) is 14.7 Å². The van der Waals surface area contributed by atoms with E-state index >= 15 is 0 Å². The van der Waals surface area contributed by atoms with Gasteiger partial charge in [-0.25, -0.2) is 27.1 Å². The van der Waals surface area contributed by atoms with Gasteiger partial charge >= 0.3 is 0 Å². The lowest BCUT2D eigenvalue weighted by atomic mass is 10.1. The number of carbonyl (C=O) groups is 1. The van der Waals surface area contributed by atoms with E-state index in [0.717, 1.165) is 29.7 Å². The van der Waals surface area contributed by atoms with Gasteiger partial charge in [0.25, 0.3) is 5.91 Å². The van der Waals surface area contributed by atoms with E-state index in [1.165, 1.54) is 0 Å². The molecule has 10 nitrogen and oxygen atoms in total. The second-order valence-electron chi connectivity index (χ2n) is 6.52. The molecule has 2 rings (SSSR count). The number of amides is 1. The van der Waals surface area contributed by atoms with Gasteiger partial charge < -0.3 is 21.9 Å². The van der Waals surface area contributed by atoms with E-state index in [2.05, 4.69) is 4.99 Å². The quantitative estimate of drug-likeness (QED) is 0.116. The molecule has 0 aromatic heterocycles. The lowest BCUT2D eigenvalue weighted by Crippen LogP contribution is -2.58. The van der Waals surface area contributed by atoms with E-state index in [-0.39, 0.29) is 24.7 Å². The minimum atomic E-state index is -4.94. The van der Waals surface area contributed by atoms with Gasteiger partial charge in [-0.3, -0.25) is 15.0 Å². The zero-order chi connectivity index (χ0) is 24.1. The SMILES string of the molecule is NC(N)=NCCC[C@@](N)(C(=O)NO)S(=O)(=O)c1cc(F)c(Oc2ccc(F)cc2)c(F)c1. The Morgan fingerprint density at radius 2 is 1.69 bits per heavy atom. The molecule has 1 atom stereocenters. The number of halogens is 3. The lowest BCUT2D eigenvalue weighted by Gasteiger charge is -2.27. The zero-order valence-electron chi connectivity index (χ0n) is 16.4. The number of carbonyl (C=O) groups excluding carboxylic acids is 1. The van der Waals surface area contributed by atoms with Crippen molar-refractivity contribution in [2.24, 2.45) is 22.2 Å². The summed E-state index contributed by atoms with van der Waals surface area (Å²) in [6, 6.07) is 4.99. The predicted molar refractivity (Wildman–Crippen MR) is 107 cm³/mol. The van der Waals surface area contributed by atoms with Crippen LogP contribution in [0.1, 0.15) is 12.8 Å². The number of guanidine groups is 1. The molecule has 0 spiro atoms. The van der Waals surface area contributed by atoms with Crippen molar-refractivity contribution >= 4 is 21.7 Å². The average Bonchev–Trinajstić information content (AvgIpc) is 2.73. The normalized spacial score (nSPS) is 13.2. The maximum absolute atomic E-state index is 14.5. The predicted octanol–water partition coefficient (Wildman–Crippen LogP) is 0.884. The maximum Gasteiger partial charge on any atom is 0.279 e. The van der Waals surface area contributed by atoms with Crippen LogP contribution in [0.15, 0.2) is 46.3 Å². The number of benzene rings is 2. The van der Waals surface area contributed by atoms with Crippen molar-refractivity contribution in [1.29, 1.82) is 0 Å². The van der Waals surface area contributed by atoms with Crippen molar-refractivity contribution in [2.45, 2.75) is 22.6 Å². The molecule has 0 bridgehead atoms. The maximum atomic E-state index is 14.5. The summed E-state index contributed by atoms with van der Waals surface area (Å²) in [5.41, 5.74) is 17.2. The third-order valence-corrected chi connectivity index (χ3v) is 6.49. The van der Waals surface area contributed by atoms with E-state index in [1.807, 2.05) is 0 Å². The smallest absolute Gasteiger partial charge is 0.279 e. The van der Waals surface area contributed by atoms with Crippen LogP contribution in [0.25, 0.3) is 0 Å². The fourth-order valence-electron chi connectivity index (χ4n) is 2.63. The summed E-state index contributed by atoms with van der Waals surface area (Å²) in [7, 11) is -4.94. The Balaban J connectivity index is 2.42. The third-order valence-electron chi connectivity index (χ3n) is 4.28. The molecule has 174 valence electrons. The first kappa shape index (κ1) is 24.9. The van der Waals surface area contributed by atoms with Crippen LogP contribution in [-0.4, -0.2) is 36.9 Å². The van der Waals surface area contributed by atoms with Crippen LogP contribution in [0.2, 0.25) is 0 Å². The summed E-state index contributed by atoms with van der Waals surface area (Å²) >= 11 is 0. The minimum absolute atomic E-state index is 0.108. The Bertz CT molecular complexity index is 1100. The third kappa shape index (κ3) is 5.27. The highest BCUT2D eigenvalue weighted by molar-refractivity contribution is 7.93. The average molecular weight is 475 g/mol. The first-order valence-corrected chi connectivity index (χ1v) is 10.4. The number of nitrogens with one attached hydrogen (secondary N) is 1. The second kappa shape index (κ2) is 9.84.